The Morgan fingerprint density at radius 3 is 2.31 bits per heavy atom. The van der Waals surface area contributed by atoms with Gasteiger partial charge in [-0.05, 0) is 67.0 Å². The number of ether oxygens (including phenoxy) is 1. The summed E-state index contributed by atoms with van der Waals surface area (Å²) in [6, 6.07) is 13.0. The number of para-hydroxylation sites is 1. The van der Waals surface area contributed by atoms with Crippen LogP contribution < -0.4 is 10.6 Å². The van der Waals surface area contributed by atoms with E-state index in [0.717, 1.165) is 42.5 Å². The maximum atomic E-state index is 12.9. The first-order chi connectivity index (χ1) is 15.5. The van der Waals surface area contributed by atoms with Crippen molar-refractivity contribution in [1.82, 2.24) is 0 Å². The minimum atomic E-state index is -0.313. The van der Waals surface area contributed by atoms with Gasteiger partial charge in [-0.25, -0.2) is 0 Å². The molecule has 5 rings (SSSR count). The van der Waals surface area contributed by atoms with Crippen molar-refractivity contribution in [1.29, 1.82) is 0 Å². The Morgan fingerprint density at radius 2 is 1.66 bits per heavy atom. The Balaban J connectivity index is 1.27. The van der Waals surface area contributed by atoms with Crippen molar-refractivity contribution >= 4 is 29.2 Å². The molecule has 2 saturated carbocycles. The van der Waals surface area contributed by atoms with Gasteiger partial charge in [0.25, 0.3) is 5.91 Å². The molecule has 1 aliphatic heterocycles. The van der Waals surface area contributed by atoms with E-state index in [1.807, 2.05) is 18.2 Å². The topological polar surface area (TPSA) is 84.5 Å². The molecular formula is C26H28N2O4. The van der Waals surface area contributed by atoms with Gasteiger partial charge in [-0.15, -0.1) is 0 Å². The summed E-state index contributed by atoms with van der Waals surface area (Å²) in [5.41, 5.74) is 4.26. The average molecular weight is 433 g/mol. The zero-order valence-corrected chi connectivity index (χ0v) is 18.4. The highest BCUT2D eigenvalue weighted by molar-refractivity contribution is 6.05. The van der Waals surface area contributed by atoms with E-state index in [1.54, 1.807) is 24.3 Å². The largest absolute Gasteiger partial charge is 0.462 e. The lowest BCUT2D eigenvalue weighted by Gasteiger charge is -2.23. The Labute approximate surface area is 187 Å². The number of anilines is 2. The highest BCUT2D eigenvalue weighted by atomic mass is 16.6. The second-order valence-electron chi connectivity index (χ2n) is 9.10. The number of aryl methyl sites for hydroxylation is 2. The highest BCUT2D eigenvalue weighted by Crippen LogP contribution is 2.57. The van der Waals surface area contributed by atoms with Crippen LogP contribution in [0.2, 0.25) is 0 Å². The van der Waals surface area contributed by atoms with Crippen LogP contribution in [-0.4, -0.2) is 23.9 Å². The molecule has 3 aliphatic rings. The summed E-state index contributed by atoms with van der Waals surface area (Å²) >= 11 is 0. The molecule has 6 heteroatoms. The first-order valence-electron chi connectivity index (χ1n) is 11.5. The van der Waals surface area contributed by atoms with E-state index in [1.165, 1.54) is 0 Å². The van der Waals surface area contributed by atoms with Gasteiger partial charge >= 0.3 is 5.97 Å². The van der Waals surface area contributed by atoms with Crippen LogP contribution >= 0.6 is 0 Å². The Bertz CT molecular complexity index is 1050. The van der Waals surface area contributed by atoms with Crippen molar-refractivity contribution in [2.24, 2.45) is 23.7 Å². The Kier molecular flexibility index (Phi) is 5.24. The van der Waals surface area contributed by atoms with Crippen molar-refractivity contribution in [2.45, 2.75) is 45.6 Å². The van der Waals surface area contributed by atoms with Gasteiger partial charge in [0.2, 0.25) is 5.91 Å². The van der Waals surface area contributed by atoms with Crippen molar-refractivity contribution in [3.63, 3.8) is 0 Å². The SMILES string of the molecule is CCc1cccc(CC)c1NC(=O)c1ccc(NC(=O)C2C3CC4OC(=O)C2C4C3)cc1. The van der Waals surface area contributed by atoms with E-state index in [4.69, 9.17) is 4.74 Å². The summed E-state index contributed by atoms with van der Waals surface area (Å²) in [7, 11) is 0. The molecular weight excluding hydrogens is 404 g/mol. The quantitative estimate of drug-likeness (QED) is 0.670. The predicted octanol–water partition coefficient (Wildman–Crippen LogP) is 4.20. The molecule has 0 aromatic heterocycles. The van der Waals surface area contributed by atoms with Crippen molar-refractivity contribution in [2.75, 3.05) is 10.6 Å². The lowest BCUT2D eigenvalue weighted by molar-refractivity contribution is -0.145. The van der Waals surface area contributed by atoms with Crippen LogP contribution in [0.3, 0.4) is 0 Å². The summed E-state index contributed by atoms with van der Waals surface area (Å²) in [5.74, 6) is -0.701. The number of amides is 2. The smallest absolute Gasteiger partial charge is 0.310 e. The summed E-state index contributed by atoms with van der Waals surface area (Å²) in [6.45, 7) is 4.15. The molecule has 2 aromatic carbocycles. The van der Waals surface area contributed by atoms with E-state index >= 15 is 0 Å². The van der Waals surface area contributed by atoms with Crippen LogP contribution in [0.5, 0.6) is 0 Å². The molecule has 0 spiro atoms. The molecule has 5 unspecified atom stereocenters. The summed E-state index contributed by atoms with van der Waals surface area (Å²) in [6.07, 6.45) is 3.39. The third-order valence-corrected chi connectivity index (χ3v) is 7.44. The van der Waals surface area contributed by atoms with Crippen LogP contribution in [0.15, 0.2) is 42.5 Å². The number of hydrogen-bond donors (Lipinski definition) is 2. The van der Waals surface area contributed by atoms with Crippen LogP contribution in [0, 0.1) is 23.7 Å². The lowest BCUT2D eigenvalue weighted by atomic mass is 9.79. The first-order valence-corrected chi connectivity index (χ1v) is 11.5. The van der Waals surface area contributed by atoms with Crippen LogP contribution in [0.1, 0.15) is 48.2 Å². The third kappa shape index (κ3) is 3.38. The van der Waals surface area contributed by atoms with Crippen LogP contribution in [-0.2, 0) is 27.2 Å². The van der Waals surface area contributed by atoms with Crippen molar-refractivity contribution in [3.05, 3.63) is 59.2 Å². The van der Waals surface area contributed by atoms with Gasteiger partial charge in [0.05, 0.1) is 11.8 Å². The van der Waals surface area contributed by atoms with Crippen molar-refractivity contribution < 1.29 is 19.1 Å². The summed E-state index contributed by atoms with van der Waals surface area (Å²) in [4.78, 5) is 38.0. The number of nitrogens with one attached hydrogen (secondary N) is 2. The molecule has 3 fully saturated rings. The molecule has 2 bridgehead atoms. The lowest BCUT2D eigenvalue weighted by Crippen LogP contribution is -2.35. The minimum Gasteiger partial charge on any atom is -0.462 e. The normalized spacial score (nSPS) is 27.3. The monoisotopic (exact) mass is 432 g/mol. The summed E-state index contributed by atoms with van der Waals surface area (Å²) < 4.78 is 5.43. The number of rotatable bonds is 6. The molecule has 1 saturated heterocycles. The fourth-order valence-electron chi connectivity index (χ4n) is 5.88. The molecule has 2 amide bonds. The predicted molar refractivity (Wildman–Crippen MR) is 121 cm³/mol. The van der Waals surface area contributed by atoms with Gasteiger partial charge in [-0.3, -0.25) is 14.4 Å². The number of fused-ring (bicyclic) bond motifs is 1. The van der Waals surface area contributed by atoms with E-state index in [-0.39, 0.29) is 47.6 Å². The molecule has 0 radical (unpaired) electrons. The second kappa shape index (κ2) is 8.08. The van der Waals surface area contributed by atoms with Gasteiger partial charge < -0.3 is 15.4 Å². The highest BCUT2D eigenvalue weighted by Gasteiger charge is 2.63. The third-order valence-electron chi connectivity index (χ3n) is 7.44. The maximum Gasteiger partial charge on any atom is 0.310 e. The molecule has 1 heterocycles. The number of benzene rings is 2. The zero-order chi connectivity index (χ0) is 22.4. The van der Waals surface area contributed by atoms with Crippen LogP contribution in [0.4, 0.5) is 11.4 Å². The average Bonchev–Trinajstić information content (AvgIpc) is 3.42. The summed E-state index contributed by atoms with van der Waals surface area (Å²) in [5, 5.41) is 6.01. The molecule has 166 valence electrons. The zero-order valence-electron chi connectivity index (χ0n) is 18.4. The number of esters is 1. The molecule has 2 aromatic rings. The van der Waals surface area contributed by atoms with Crippen LogP contribution in [0.25, 0.3) is 0 Å². The molecule has 2 N–H and O–H groups in total. The van der Waals surface area contributed by atoms with Gasteiger partial charge in [0.1, 0.15) is 6.10 Å². The number of carbonyl (C=O) groups excluding carboxylic acids is 3. The van der Waals surface area contributed by atoms with E-state index < -0.39 is 0 Å². The standard InChI is InChI=1S/C26H28N2O4/c1-3-14-6-5-7-15(4-2)23(14)28-24(29)16-8-10-18(11-9-16)27-25(30)21-17-12-19-20(13-17)32-26(31)22(19)21/h5-11,17,19-22H,3-4,12-13H2,1-2H3,(H,27,30)(H,28,29). The molecule has 6 nitrogen and oxygen atoms in total. The van der Waals surface area contributed by atoms with Gasteiger partial charge in [0, 0.05) is 22.9 Å². The molecule has 32 heavy (non-hydrogen) atoms. The van der Waals surface area contributed by atoms with E-state index in [2.05, 4.69) is 24.5 Å². The van der Waals surface area contributed by atoms with Crippen molar-refractivity contribution in [3.8, 4) is 0 Å². The number of hydrogen-bond acceptors (Lipinski definition) is 4. The maximum absolute atomic E-state index is 12.9. The van der Waals surface area contributed by atoms with Gasteiger partial charge in [0.15, 0.2) is 0 Å². The number of carbonyl (C=O) groups is 3. The minimum absolute atomic E-state index is 0.0189. The van der Waals surface area contributed by atoms with Gasteiger partial charge in [-0.1, -0.05) is 32.0 Å². The molecule has 5 atom stereocenters. The Morgan fingerprint density at radius 1 is 0.969 bits per heavy atom. The molecule has 2 aliphatic carbocycles. The van der Waals surface area contributed by atoms with E-state index in [9.17, 15) is 14.4 Å². The fourth-order valence-corrected chi connectivity index (χ4v) is 5.88. The van der Waals surface area contributed by atoms with E-state index in [0.29, 0.717) is 11.3 Å². The fraction of sp³-hybridized carbons (Fsp3) is 0.423. The van der Waals surface area contributed by atoms with Gasteiger partial charge in [-0.2, -0.15) is 0 Å². The Hall–Kier alpha value is -3.15. The second-order valence-corrected chi connectivity index (χ2v) is 9.10. The first kappa shape index (κ1) is 20.7.